The minimum absolute atomic E-state index is 0.0978. The van der Waals surface area contributed by atoms with Crippen LogP contribution in [0.4, 0.5) is 15.8 Å². The number of methoxy groups -OCH3 is 1. The van der Waals surface area contributed by atoms with E-state index in [-0.39, 0.29) is 23.7 Å². The number of nitrogens with zero attached hydrogens (tertiary/aromatic N) is 6. The first-order chi connectivity index (χ1) is 30.5. The van der Waals surface area contributed by atoms with E-state index >= 15 is 4.39 Å². The van der Waals surface area contributed by atoms with E-state index in [1.807, 2.05) is 49.5 Å². The zero-order valence-electron chi connectivity index (χ0n) is 37.0. The van der Waals surface area contributed by atoms with Crippen LogP contribution in [-0.2, 0) is 21.4 Å². The maximum Gasteiger partial charge on any atom is 0.274 e. The van der Waals surface area contributed by atoms with E-state index in [1.165, 1.54) is 13.2 Å². The number of anilines is 2. The van der Waals surface area contributed by atoms with Gasteiger partial charge in [-0.1, -0.05) is 51.1 Å². The van der Waals surface area contributed by atoms with Crippen molar-refractivity contribution < 1.29 is 33.4 Å². The molecule has 2 fully saturated rings. The van der Waals surface area contributed by atoms with Crippen molar-refractivity contribution in [3.8, 4) is 17.0 Å². The molecular weight excluding hydrogens is 822 g/mol. The van der Waals surface area contributed by atoms with Gasteiger partial charge in [0.2, 0.25) is 17.7 Å². The number of rotatable bonds is 15. The molecule has 2 aromatic heterocycles. The number of aliphatic hydroxyl groups is 1. The third kappa shape index (κ3) is 10.9. The number of amides is 4. The predicted molar refractivity (Wildman–Crippen MR) is 242 cm³/mol. The molecule has 2 aliphatic rings. The Labute approximate surface area is 372 Å². The summed E-state index contributed by atoms with van der Waals surface area (Å²) in [5.41, 5.74) is 9.89. The van der Waals surface area contributed by atoms with Crippen molar-refractivity contribution in [1.29, 1.82) is 5.41 Å². The highest BCUT2D eigenvalue weighted by Gasteiger charge is 2.51. The SMILES string of the molecule is COc1cc(N2CCN(CCC(=O)N[C@H](C(=O)N3C[C@H](O)[C@H](F)[C@@H]3C(=O)N[C@@H](C)c3ccc(-c4ccnn4C)cc3)C(C)(C)C)CC2)ccc1NC(=O)c1cccc(/C(N)=C/C=N)n1. The molecule has 18 heteroatoms. The number of nitrogens with one attached hydrogen (secondary N) is 4. The fourth-order valence-electron chi connectivity index (χ4n) is 7.89. The number of nitrogens with two attached hydrogens (primary N) is 1. The molecule has 4 aromatic rings. The fraction of sp³-hybridized carbons (Fsp3) is 0.413. The summed E-state index contributed by atoms with van der Waals surface area (Å²) >= 11 is 0. The number of alkyl halides is 1. The lowest BCUT2D eigenvalue weighted by Crippen LogP contribution is -2.59. The van der Waals surface area contributed by atoms with Gasteiger partial charge in [-0.25, -0.2) is 9.37 Å². The predicted octanol–water partition coefficient (Wildman–Crippen LogP) is 3.52. The number of likely N-dealkylation sites (tertiary alicyclic amines) is 1. The van der Waals surface area contributed by atoms with Gasteiger partial charge in [0.05, 0.1) is 42.5 Å². The Kier molecular flexibility index (Phi) is 14.8. The quantitative estimate of drug-likeness (QED) is 0.0949. The molecule has 0 aliphatic carbocycles. The molecule has 0 saturated carbocycles. The smallest absolute Gasteiger partial charge is 0.274 e. The Balaban J connectivity index is 1.01. The number of hydrogen-bond donors (Lipinski definition) is 6. The van der Waals surface area contributed by atoms with Crippen molar-refractivity contribution in [2.45, 2.75) is 64.5 Å². The van der Waals surface area contributed by atoms with Gasteiger partial charge in [-0.3, -0.25) is 28.8 Å². The summed E-state index contributed by atoms with van der Waals surface area (Å²) in [5, 5.41) is 30.5. The molecule has 2 aromatic carbocycles. The summed E-state index contributed by atoms with van der Waals surface area (Å²) in [6.45, 7) is 9.75. The number of carbonyl (C=O) groups is 4. The number of allylic oxidation sites excluding steroid dienone is 1. The zero-order chi connectivity index (χ0) is 46.3. The Morgan fingerprint density at radius 2 is 1.72 bits per heavy atom. The number of aromatic nitrogens is 3. The number of carbonyl (C=O) groups excluding carboxylic acids is 4. The van der Waals surface area contributed by atoms with Crippen molar-refractivity contribution in [2.75, 3.05) is 56.6 Å². The van der Waals surface area contributed by atoms with Gasteiger partial charge in [0, 0.05) is 70.4 Å². The summed E-state index contributed by atoms with van der Waals surface area (Å²) < 4.78 is 23.0. The molecule has 0 spiro atoms. The largest absolute Gasteiger partial charge is 0.494 e. The van der Waals surface area contributed by atoms with Gasteiger partial charge in [0.25, 0.3) is 5.91 Å². The van der Waals surface area contributed by atoms with Crippen LogP contribution >= 0.6 is 0 Å². The number of ether oxygens (including phenoxy) is 1. The van der Waals surface area contributed by atoms with E-state index in [4.69, 9.17) is 15.9 Å². The summed E-state index contributed by atoms with van der Waals surface area (Å²) in [7, 11) is 3.36. The lowest BCUT2D eigenvalue weighted by atomic mass is 9.85. The zero-order valence-corrected chi connectivity index (χ0v) is 37.0. The summed E-state index contributed by atoms with van der Waals surface area (Å²) in [4.78, 5) is 64.1. The second kappa shape index (κ2) is 20.2. The van der Waals surface area contributed by atoms with Crippen molar-refractivity contribution in [3.05, 3.63) is 96.0 Å². The topological polar surface area (TPSA) is 224 Å². The average molecular weight is 880 g/mol. The summed E-state index contributed by atoms with van der Waals surface area (Å²) in [6.07, 6.45) is 0.642. The fourth-order valence-corrected chi connectivity index (χ4v) is 7.89. The number of benzene rings is 2. The maximum atomic E-state index is 15.6. The van der Waals surface area contributed by atoms with E-state index < -0.39 is 60.1 Å². The molecule has 64 heavy (non-hydrogen) atoms. The van der Waals surface area contributed by atoms with Crippen molar-refractivity contribution in [1.82, 2.24) is 35.2 Å². The van der Waals surface area contributed by atoms with E-state index in [9.17, 15) is 24.3 Å². The summed E-state index contributed by atoms with van der Waals surface area (Å²) in [5.74, 6) is -1.75. The van der Waals surface area contributed by atoms with Gasteiger partial charge in [-0.2, -0.15) is 5.10 Å². The lowest BCUT2D eigenvalue weighted by molar-refractivity contribution is -0.145. The Morgan fingerprint density at radius 1 is 1.02 bits per heavy atom. The van der Waals surface area contributed by atoms with Crippen LogP contribution in [-0.4, -0.2) is 130 Å². The molecule has 0 bridgehead atoms. The molecule has 340 valence electrons. The van der Waals surface area contributed by atoms with Gasteiger partial charge in [0.15, 0.2) is 6.17 Å². The number of pyridine rings is 1. The van der Waals surface area contributed by atoms with Crippen molar-refractivity contribution in [3.63, 3.8) is 0 Å². The molecular formula is C46H58FN11O6. The average Bonchev–Trinajstić information content (AvgIpc) is 3.85. The highest BCUT2D eigenvalue weighted by atomic mass is 19.1. The van der Waals surface area contributed by atoms with Gasteiger partial charge in [-0.15, -0.1) is 0 Å². The van der Waals surface area contributed by atoms with Crippen LogP contribution in [0.1, 0.15) is 61.9 Å². The Bertz CT molecular complexity index is 2360. The Morgan fingerprint density at radius 3 is 2.36 bits per heavy atom. The number of aryl methyl sites for hydroxylation is 1. The van der Waals surface area contributed by atoms with Gasteiger partial charge in [-0.05, 0) is 59.9 Å². The molecule has 5 atom stereocenters. The van der Waals surface area contributed by atoms with E-state index in [1.54, 1.807) is 62.8 Å². The third-order valence-corrected chi connectivity index (χ3v) is 11.6. The third-order valence-electron chi connectivity index (χ3n) is 11.6. The lowest BCUT2D eigenvalue weighted by Gasteiger charge is -2.37. The van der Waals surface area contributed by atoms with Crippen LogP contribution in [0.15, 0.2) is 79.0 Å². The Hall–Kier alpha value is -6.66. The first-order valence-electron chi connectivity index (χ1n) is 21.2. The maximum absolute atomic E-state index is 15.6. The molecule has 0 unspecified atom stereocenters. The monoisotopic (exact) mass is 879 g/mol. The van der Waals surface area contributed by atoms with E-state index in [2.05, 4.69) is 35.8 Å². The first kappa shape index (κ1) is 46.8. The van der Waals surface area contributed by atoms with Crippen LogP contribution in [0, 0.1) is 10.8 Å². The normalized spacial score (nSPS) is 19.1. The van der Waals surface area contributed by atoms with Crippen LogP contribution in [0.3, 0.4) is 0 Å². The minimum Gasteiger partial charge on any atom is -0.494 e. The molecule has 4 amide bonds. The van der Waals surface area contributed by atoms with Crippen LogP contribution in [0.2, 0.25) is 0 Å². The molecule has 7 N–H and O–H groups in total. The second-order valence-corrected chi connectivity index (χ2v) is 17.1. The molecule has 6 rings (SSSR count). The van der Waals surface area contributed by atoms with Crippen LogP contribution < -0.4 is 31.3 Å². The summed E-state index contributed by atoms with van der Waals surface area (Å²) in [6, 6.07) is 16.6. The number of hydrogen-bond acceptors (Lipinski definition) is 12. The molecule has 2 saturated heterocycles. The second-order valence-electron chi connectivity index (χ2n) is 17.1. The van der Waals surface area contributed by atoms with Gasteiger partial charge >= 0.3 is 0 Å². The number of halogens is 1. The van der Waals surface area contributed by atoms with E-state index in [0.29, 0.717) is 49.9 Å². The van der Waals surface area contributed by atoms with Crippen molar-refractivity contribution in [2.24, 2.45) is 18.2 Å². The number of piperazine rings is 1. The minimum atomic E-state index is -2.02. The highest BCUT2D eigenvalue weighted by molar-refractivity contribution is 6.04. The van der Waals surface area contributed by atoms with E-state index in [0.717, 1.165) is 33.6 Å². The number of aliphatic hydroxyl groups excluding tert-OH is 1. The van der Waals surface area contributed by atoms with Crippen LogP contribution in [0.5, 0.6) is 5.75 Å². The molecule has 0 radical (unpaired) electrons. The molecule has 2 aliphatic heterocycles. The first-order valence-corrected chi connectivity index (χ1v) is 21.2. The highest BCUT2D eigenvalue weighted by Crippen LogP contribution is 2.32. The molecule has 17 nitrogen and oxygen atoms in total. The van der Waals surface area contributed by atoms with Gasteiger partial charge in [0.1, 0.15) is 29.6 Å². The number of β-amino-alcohol motifs (C(OH)–C–C–N with tert-alkyl or cyclic N) is 1. The van der Waals surface area contributed by atoms with Crippen LogP contribution in [0.25, 0.3) is 17.0 Å². The standard InChI is InChI=1S/C46H58FN11O6/c1-28(29-10-12-30(13-11-29)36-17-20-50-55(36)5)51-44(62)41-40(47)37(59)27-58(41)45(63)42(46(2,3)4)54-39(60)18-21-56-22-24-57(25-23-56)31-14-15-34(38(26-31)64-6)53-43(61)35-9-7-8-33(52-35)32(49)16-19-48/h7-17,19-20,26,28,37,40-42,48,59H,18,21-25,27,49H2,1-6H3,(H,51,62)(H,53,61)(H,54,60)/b32-16-,48-19?/t28-,37-,40-,41+,42+/m0/s1. The van der Waals surface area contributed by atoms with Crippen molar-refractivity contribution >= 4 is 46.9 Å². The van der Waals surface area contributed by atoms with Gasteiger partial charge < -0.3 is 46.7 Å². The molecule has 4 heterocycles.